The van der Waals surface area contributed by atoms with Crippen LogP contribution in [0, 0.1) is 11.8 Å². The van der Waals surface area contributed by atoms with Crippen LogP contribution in [0.15, 0.2) is 0 Å². The molecule has 0 radical (unpaired) electrons. The first-order valence-electron chi connectivity index (χ1n) is 6.04. The highest BCUT2D eigenvalue weighted by Crippen LogP contribution is 2.43. The number of rotatable bonds is 0. The van der Waals surface area contributed by atoms with Crippen molar-refractivity contribution in [2.24, 2.45) is 17.6 Å². The van der Waals surface area contributed by atoms with E-state index in [1.165, 1.54) is 25.7 Å². The molecule has 2 nitrogen and oxygen atoms in total. The molecule has 1 aliphatic carbocycles. The van der Waals surface area contributed by atoms with Gasteiger partial charge in [-0.15, -0.1) is 0 Å². The van der Waals surface area contributed by atoms with Gasteiger partial charge in [0.05, 0.1) is 5.60 Å². The normalized spacial score (nSPS) is 49.5. The Kier molecular flexibility index (Phi) is 2.85. The Bertz CT molecular complexity index is 184. The monoisotopic (exact) mass is 197 g/mol. The molecule has 14 heavy (non-hydrogen) atoms. The van der Waals surface area contributed by atoms with Gasteiger partial charge < -0.3 is 10.5 Å². The van der Waals surface area contributed by atoms with E-state index in [9.17, 15) is 0 Å². The van der Waals surface area contributed by atoms with Crippen molar-refractivity contribution in [2.75, 3.05) is 6.61 Å². The Morgan fingerprint density at radius 2 is 2.00 bits per heavy atom. The minimum atomic E-state index is 0.0325. The Morgan fingerprint density at radius 1 is 1.21 bits per heavy atom. The maximum atomic E-state index is 6.30. The van der Waals surface area contributed by atoms with Crippen molar-refractivity contribution >= 4 is 0 Å². The minimum Gasteiger partial charge on any atom is -0.373 e. The summed E-state index contributed by atoms with van der Waals surface area (Å²) in [5.74, 6) is 1.41. The smallest absolute Gasteiger partial charge is 0.0858 e. The van der Waals surface area contributed by atoms with Gasteiger partial charge in [-0.1, -0.05) is 13.8 Å². The Balaban J connectivity index is 2.14. The summed E-state index contributed by atoms with van der Waals surface area (Å²) in [5.41, 5.74) is 6.33. The second-order valence-electron chi connectivity index (χ2n) is 5.34. The predicted molar refractivity (Wildman–Crippen MR) is 58.1 cm³/mol. The third-order valence-electron chi connectivity index (χ3n) is 4.21. The summed E-state index contributed by atoms with van der Waals surface area (Å²) in [6, 6.07) is 0.265. The standard InChI is InChI=1S/C12H23NO/c1-9-7-10(2)12(11(13)8-9)5-3-4-6-14-12/h9-11H,3-8,13H2,1-2H3/t9-,10+,11+,12+/m1/s1. The van der Waals surface area contributed by atoms with E-state index in [4.69, 9.17) is 10.5 Å². The molecular weight excluding hydrogens is 174 g/mol. The van der Waals surface area contributed by atoms with Gasteiger partial charge in [0.1, 0.15) is 0 Å². The molecule has 0 unspecified atom stereocenters. The second kappa shape index (κ2) is 3.82. The molecule has 0 amide bonds. The van der Waals surface area contributed by atoms with Crippen LogP contribution in [0.1, 0.15) is 46.0 Å². The minimum absolute atomic E-state index is 0.0325. The fourth-order valence-electron chi connectivity index (χ4n) is 3.42. The average Bonchev–Trinajstić information content (AvgIpc) is 2.16. The van der Waals surface area contributed by atoms with Gasteiger partial charge in [-0.25, -0.2) is 0 Å². The van der Waals surface area contributed by atoms with Crippen LogP contribution in [0.25, 0.3) is 0 Å². The molecule has 1 saturated carbocycles. The second-order valence-corrected chi connectivity index (χ2v) is 5.34. The first kappa shape index (κ1) is 10.4. The van der Waals surface area contributed by atoms with E-state index in [2.05, 4.69) is 13.8 Å². The number of hydrogen-bond donors (Lipinski definition) is 1. The molecule has 1 aliphatic heterocycles. The van der Waals surface area contributed by atoms with E-state index in [1.54, 1.807) is 0 Å². The zero-order chi connectivity index (χ0) is 10.2. The molecule has 2 fully saturated rings. The number of nitrogens with two attached hydrogens (primary N) is 1. The predicted octanol–water partition coefficient (Wildman–Crippen LogP) is 2.32. The summed E-state index contributed by atoms with van der Waals surface area (Å²) in [6.45, 7) is 5.55. The van der Waals surface area contributed by atoms with Gasteiger partial charge in [0, 0.05) is 12.6 Å². The lowest BCUT2D eigenvalue weighted by Gasteiger charge is -2.50. The topological polar surface area (TPSA) is 35.2 Å². The Morgan fingerprint density at radius 3 is 2.57 bits per heavy atom. The van der Waals surface area contributed by atoms with Gasteiger partial charge in [-0.05, 0) is 43.9 Å². The maximum Gasteiger partial charge on any atom is 0.0858 e. The van der Waals surface area contributed by atoms with Crippen molar-refractivity contribution in [1.29, 1.82) is 0 Å². The van der Waals surface area contributed by atoms with Gasteiger partial charge >= 0.3 is 0 Å². The van der Waals surface area contributed by atoms with Crippen molar-refractivity contribution < 1.29 is 4.74 Å². The lowest BCUT2D eigenvalue weighted by Crippen LogP contribution is -2.59. The molecule has 2 heteroatoms. The van der Waals surface area contributed by atoms with Crippen LogP contribution in [-0.2, 0) is 4.74 Å². The molecule has 1 heterocycles. The Hall–Kier alpha value is -0.0800. The number of hydrogen-bond acceptors (Lipinski definition) is 2. The molecule has 1 saturated heterocycles. The summed E-state index contributed by atoms with van der Waals surface area (Å²) in [7, 11) is 0. The van der Waals surface area contributed by atoms with Gasteiger partial charge in [0.2, 0.25) is 0 Å². The van der Waals surface area contributed by atoms with Crippen molar-refractivity contribution in [3.8, 4) is 0 Å². The van der Waals surface area contributed by atoms with Crippen LogP contribution >= 0.6 is 0 Å². The van der Waals surface area contributed by atoms with Crippen LogP contribution < -0.4 is 5.73 Å². The zero-order valence-electron chi connectivity index (χ0n) is 9.46. The maximum absolute atomic E-state index is 6.30. The highest BCUT2D eigenvalue weighted by molar-refractivity contribution is 5.01. The van der Waals surface area contributed by atoms with Crippen molar-refractivity contribution in [3.05, 3.63) is 0 Å². The largest absolute Gasteiger partial charge is 0.373 e. The molecule has 1 spiro atoms. The fraction of sp³-hybridized carbons (Fsp3) is 1.00. The Labute approximate surface area is 87.2 Å². The van der Waals surface area contributed by atoms with Crippen molar-refractivity contribution in [3.63, 3.8) is 0 Å². The molecule has 2 aliphatic rings. The summed E-state index contributed by atoms with van der Waals surface area (Å²) in [6.07, 6.45) is 6.13. The van der Waals surface area contributed by atoms with Crippen LogP contribution in [0.4, 0.5) is 0 Å². The van der Waals surface area contributed by atoms with E-state index < -0.39 is 0 Å². The van der Waals surface area contributed by atoms with Gasteiger partial charge in [0.15, 0.2) is 0 Å². The SMILES string of the molecule is C[C@@H]1C[C@H](C)[C@@]2(CCCCO2)[C@@H](N)C1. The third-order valence-corrected chi connectivity index (χ3v) is 4.21. The summed E-state index contributed by atoms with van der Waals surface area (Å²) in [4.78, 5) is 0. The first-order chi connectivity index (χ1) is 6.65. The fourth-order valence-corrected chi connectivity index (χ4v) is 3.42. The van der Waals surface area contributed by atoms with E-state index >= 15 is 0 Å². The van der Waals surface area contributed by atoms with E-state index in [0.717, 1.165) is 18.9 Å². The lowest BCUT2D eigenvalue weighted by molar-refractivity contribution is -0.148. The van der Waals surface area contributed by atoms with Gasteiger partial charge in [-0.2, -0.15) is 0 Å². The van der Waals surface area contributed by atoms with Gasteiger partial charge in [-0.3, -0.25) is 0 Å². The molecular formula is C12H23NO. The molecule has 4 atom stereocenters. The molecule has 0 bridgehead atoms. The van der Waals surface area contributed by atoms with Crippen LogP contribution in [0.2, 0.25) is 0 Å². The van der Waals surface area contributed by atoms with Crippen LogP contribution in [0.3, 0.4) is 0 Å². The lowest BCUT2D eigenvalue weighted by atomic mass is 9.66. The van der Waals surface area contributed by atoms with E-state index in [0.29, 0.717) is 5.92 Å². The summed E-state index contributed by atoms with van der Waals surface area (Å²) < 4.78 is 6.05. The quantitative estimate of drug-likeness (QED) is 0.647. The van der Waals surface area contributed by atoms with E-state index in [1.807, 2.05) is 0 Å². The van der Waals surface area contributed by atoms with Crippen molar-refractivity contribution in [1.82, 2.24) is 0 Å². The molecule has 0 aromatic carbocycles. The highest BCUT2D eigenvalue weighted by atomic mass is 16.5. The molecule has 2 rings (SSSR count). The summed E-state index contributed by atoms with van der Waals surface area (Å²) in [5, 5.41) is 0. The van der Waals surface area contributed by atoms with E-state index in [-0.39, 0.29) is 11.6 Å². The molecule has 2 N–H and O–H groups in total. The number of ether oxygens (including phenoxy) is 1. The average molecular weight is 197 g/mol. The summed E-state index contributed by atoms with van der Waals surface area (Å²) >= 11 is 0. The van der Waals surface area contributed by atoms with Crippen LogP contribution in [0.5, 0.6) is 0 Å². The van der Waals surface area contributed by atoms with Gasteiger partial charge in [0.25, 0.3) is 0 Å². The highest BCUT2D eigenvalue weighted by Gasteiger charge is 2.47. The third kappa shape index (κ3) is 1.59. The molecule has 0 aromatic heterocycles. The van der Waals surface area contributed by atoms with Crippen molar-refractivity contribution in [2.45, 2.75) is 57.6 Å². The molecule has 0 aromatic rings. The van der Waals surface area contributed by atoms with Crippen LogP contribution in [-0.4, -0.2) is 18.2 Å². The first-order valence-corrected chi connectivity index (χ1v) is 6.04. The molecule has 82 valence electrons. The zero-order valence-corrected chi connectivity index (χ0v) is 9.46.